The van der Waals surface area contributed by atoms with Crippen LogP contribution in [-0.4, -0.2) is 44.1 Å². The molecule has 4 heteroatoms. The molecule has 104 valence electrons. The summed E-state index contributed by atoms with van der Waals surface area (Å²) >= 11 is 3.54. The first kappa shape index (κ1) is 15.7. The van der Waals surface area contributed by atoms with Crippen molar-refractivity contribution in [2.75, 3.05) is 26.7 Å². The molecule has 0 N–H and O–H groups in total. The molecule has 1 aliphatic rings. The number of rotatable bonds is 7. The molecule has 0 atom stereocenters. The molecule has 1 saturated carbocycles. The van der Waals surface area contributed by atoms with Crippen LogP contribution in [-0.2, 0) is 4.74 Å². The highest BCUT2D eigenvalue weighted by molar-refractivity contribution is 9.11. The van der Waals surface area contributed by atoms with Crippen LogP contribution in [0.3, 0.4) is 0 Å². The van der Waals surface area contributed by atoms with Crippen molar-refractivity contribution in [1.82, 2.24) is 4.90 Å². The minimum absolute atomic E-state index is 0.467. The first-order valence-corrected chi connectivity index (χ1v) is 7.68. The van der Waals surface area contributed by atoms with Crippen LogP contribution in [0.2, 0.25) is 0 Å². The van der Waals surface area contributed by atoms with Gasteiger partial charge >= 0.3 is 0 Å². The SMILES string of the molecule is CCN(C)C=NC/C=C(/Br)COC1CCCCC1. The third-order valence-corrected chi connectivity index (χ3v) is 3.76. The van der Waals surface area contributed by atoms with E-state index < -0.39 is 0 Å². The predicted octanol–water partition coefficient (Wildman–Crippen LogP) is 3.59. The van der Waals surface area contributed by atoms with Gasteiger partial charge < -0.3 is 9.64 Å². The highest BCUT2D eigenvalue weighted by Gasteiger charge is 2.13. The number of nitrogens with zero attached hydrogens (tertiary/aromatic N) is 2. The van der Waals surface area contributed by atoms with E-state index in [0.717, 1.165) is 11.0 Å². The molecule has 0 aromatic heterocycles. The molecule has 0 radical (unpaired) electrons. The normalized spacial score (nSPS) is 18.5. The number of ether oxygens (including phenoxy) is 1. The van der Waals surface area contributed by atoms with Crippen LogP contribution in [0.15, 0.2) is 15.6 Å². The molecular weight excluding hydrogens is 292 g/mol. The van der Waals surface area contributed by atoms with Crippen LogP contribution in [0.1, 0.15) is 39.0 Å². The molecule has 0 aromatic carbocycles. The standard InChI is InChI=1S/C14H25BrN2O/c1-3-17(2)12-16-10-9-13(15)11-18-14-7-5-4-6-8-14/h9,12,14H,3-8,10-11H2,1-2H3/b13-9+,16-12?. The summed E-state index contributed by atoms with van der Waals surface area (Å²) in [4.78, 5) is 6.37. The van der Waals surface area contributed by atoms with Crippen molar-refractivity contribution in [3.8, 4) is 0 Å². The molecule has 0 saturated heterocycles. The van der Waals surface area contributed by atoms with Crippen molar-refractivity contribution in [3.63, 3.8) is 0 Å². The van der Waals surface area contributed by atoms with Gasteiger partial charge in [-0.2, -0.15) is 0 Å². The first-order valence-electron chi connectivity index (χ1n) is 6.88. The van der Waals surface area contributed by atoms with Gasteiger partial charge in [0.2, 0.25) is 0 Å². The molecule has 0 spiro atoms. The summed E-state index contributed by atoms with van der Waals surface area (Å²) in [5, 5.41) is 0. The van der Waals surface area contributed by atoms with E-state index in [9.17, 15) is 0 Å². The van der Waals surface area contributed by atoms with Crippen LogP contribution >= 0.6 is 15.9 Å². The fourth-order valence-corrected chi connectivity index (χ4v) is 2.19. The third kappa shape index (κ3) is 7.17. The van der Waals surface area contributed by atoms with E-state index in [2.05, 4.69) is 38.8 Å². The fourth-order valence-electron chi connectivity index (χ4n) is 1.91. The maximum atomic E-state index is 5.87. The Morgan fingerprint density at radius 1 is 1.39 bits per heavy atom. The van der Waals surface area contributed by atoms with Gasteiger partial charge in [0.1, 0.15) is 0 Å². The molecule has 0 bridgehead atoms. The zero-order valence-corrected chi connectivity index (χ0v) is 13.2. The van der Waals surface area contributed by atoms with Crippen molar-refractivity contribution < 1.29 is 4.74 Å². The van der Waals surface area contributed by atoms with E-state index in [4.69, 9.17) is 4.74 Å². The van der Waals surface area contributed by atoms with Crippen LogP contribution in [0.4, 0.5) is 0 Å². The summed E-state index contributed by atoms with van der Waals surface area (Å²) < 4.78 is 6.97. The highest BCUT2D eigenvalue weighted by Crippen LogP contribution is 2.21. The van der Waals surface area contributed by atoms with E-state index in [0.29, 0.717) is 19.3 Å². The Morgan fingerprint density at radius 2 is 2.11 bits per heavy atom. The van der Waals surface area contributed by atoms with Crippen molar-refractivity contribution in [3.05, 3.63) is 10.6 Å². The lowest BCUT2D eigenvalue weighted by molar-refractivity contribution is 0.0455. The lowest BCUT2D eigenvalue weighted by Crippen LogP contribution is -2.17. The summed E-state index contributed by atoms with van der Waals surface area (Å²) in [6, 6.07) is 0. The Bertz CT molecular complexity index is 273. The van der Waals surface area contributed by atoms with Crippen molar-refractivity contribution in [2.24, 2.45) is 4.99 Å². The third-order valence-electron chi connectivity index (χ3n) is 3.20. The molecule has 18 heavy (non-hydrogen) atoms. The number of halogens is 1. The Morgan fingerprint density at radius 3 is 2.78 bits per heavy atom. The average Bonchev–Trinajstić information content (AvgIpc) is 2.42. The number of hydrogen-bond acceptors (Lipinski definition) is 2. The Labute approximate surface area is 119 Å². The van der Waals surface area contributed by atoms with Gasteiger partial charge in [-0.25, -0.2) is 0 Å². The van der Waals surface area contributed by atoms with Gasteiger partial charge in [-0.1, -0.05) is 41.3 Å². The fraction of sp³-hybridized carbons (Fsp3) is 0.786. The topological polar surface area (TPSA) is 24.8 Å². The molecular formula is C14H25BrN2O. The second kappa shape index (κ2) is 9.56. The van der Waals surface area contributed by atoms with Gasteiger partial charge in [-0.05, 0) is 19.8 Å². The van der Waals surface area contributed by atoms with Crippen molar-refractivity contribution in [1.29, 1.82) is 0 Å². The van der Waals surface area contributed by atoms with Crippen molar-refractivity contribution >= 4 is 22.3 Å². The monoisotopic (exact) mass is 316 g/mol. The lowest BCUT2D eigenvalue weighted by atomic mass is 9.98. The summed E-state index contributed by atoms with van der Waals surface area (Å²) in [5.41, 5.74) is 0. The van der Waals surface area contributed by atoms with E-state index in [-0.39, 0.29) is 0 Å². The molecule has 0 heterocycles. The summed E-state index contributed by atoms with van der Waals surface area (Å²) in [5.74, 6) is 0. The Kier molecular flexibility index (Phi) is 8.34. The lowest BCUT2D eigenvalue weighted by Gasteiger charge is -2.21. The maximum Gasteiger partial charge on any atom is 0.0851 e. The quantitative estimate of drug-likeness (QED) is 0.529. The minimum Gasteiger partial charge on any atom is -0.373 e. The Balaban J connectivity index is 2.14. The maximum absolute atomic E-state index is 5.87. The van der Waals surface area contributed by atoms with Gasteiger partial charge in [0.25, 0.3) is 0 Å². The van der Waals surface area contributed by atoms with Crippen LogP contribution in [0, 0.1) is 0 Å². The highest BCUT2D eigenvalue weighted by atomic mass is 79.9. The smallest absolute Gasteiger partial charge is 0.0851 e. The first-order chi connectivity index (χ1) is 8.72. The van der Waals surface area contributed by atoms with Gasteiger partial charge in [-0.15, -0.1) is 0 Å². The van der Waals surface area contributed by atoms with Gasteiger partial charge in [0, 0.05) is 18.1 Å². The molecule has 1 aliphatic carbocycles. The van der Waals surface area contributed by atoms with Gasteiger partial charge in [0.05, 0.1) is 25.6 Å². The summed E-state index contributed by atoms with van der Waals surface area (Å²) in [6.07, 6.45) is 10.9. The molecule has 3 nitrogen and oxygen atoms in total. The number of aliphatic imine (C=N–C) groups is 1. The molecule has 1 fully saturated rings. The molecule has 0 unspecified atom stereocenters. The molecule has 0 aromatic rings. The van der Waals surface area contributed by atoms with Gasteiger partial charge in [-0.3, -0.25) is 4.99 Å². The van der Waals surface area contributed by atoms with Crippen LogP contribution in [0.5, 0.6) is 0 Å². The van der Waals surface area contributed by atoms with Crippen molar-refractivity contribution in [2.45, 2.75) is 45.1 Å². The molecule has 1 rings (SSSR count). The predicted molar refractivity (Wildman–Crippen MR) is 81.5 cm³/mol. The van der Waals surface area contributed by atoms with Crippen LogP contribution < -0.4 is 0 Å². The minimum atomic E-state index is 0.467. The Hall–Kier alpha value is -0.350. The average molecular weight is 317 g/mol. The van der Waals surface area contributed by atoms with E-state index >= 15 is 0 Å². The van der Waals surface area contributed by atoms with E-state index in [1.165, 1.54) is 32.1 Å². The van der Waals surface area contributed by atoms with E-state index in [1.807, 2.05) is 13.4 Å². The van der Waals surface area contributed by atoms with E-state index in [1.54, 1.807) is 0 Å². The molecule has 0 aliphatic heterocycles. The molecule has 0 amide bonds. The summed E-state index contributed by atoms with van der Waals surface area (Å²) in [6.45, 7) is 4.48. The number of hydrogen-bond donors (Lipinski definition) is 0. The second-order valence-electron chi connectivity index (χ2n) is 4.78. The second-order valence-corrected chi connectivity index (χ2v) is 5.79. The summed E-state index contributed by atoms with van der Waals surface area (Å²) in [7, 11) is 2.02. The zero-order chi connectivity index (χ0) is 13.2. The zero-order valence-electron chi connectivity index (χ0n) is 11.6. The van der Waals surface area contributed by atoms with Crippen LogP contribution in [0.25, 0.3) is 0 Å². The van der Waals surface area contributed by atoms with Gasteiger partial charge in [0.15, 0.2) is 0 Å². The largest absolute Gasteiger partial charge is 0.373 e.